The number of carbonyl (C=O) groups excluding carboxylic acids is 1. The van der Waals surface area contributed by atoms with Crippen molar-refractivity contribution in [2.75, 3.05) is 0 Å². The van der Waals surface area contributed by atoms with Crippen LogP contribution in [0, 0.1) is 5.41 Å². The van der Waals surface area contributed by atoms with Crippen molar-refractivity contribution in [1.82, 2.24) is 0 Å². The van der Waals surface area contributed by atoms with Crippen molar-refractivity contribution in [3.8, 4) is 0 Å². The summed E-state index contributed by atoms with van der Waals surface area (Å²) in [7, 11) is 0. The standard InChI is InChI=1S/C15H20O2S/c1-14(2,3)18-13(17)15(9-10-15)12(16)11-7-5-4-6-8-11/h4-8,12,16H,9-10H2,1-3H3. The Hall–Kier alpha value is -0.800. The lowest BCUT2D eigenvalue weighted by Crippen LogP contribution is -2.25. The van der Waals surface area contributed by atoms with Gasteiger partial charge in [0.05, 0.1) is 11.5 Å². The quantitative estimate of drug-likeness (QED) is 0.907. The highest BCUT2D eigenvalue weighted by Gasteiger charge is 2.56. The molecule has 98 valence electrons. The zero-order valence-electron chi connectivity index (χ0n) is 11.1. The summed E-state index contributed by atoms with van der Waals surface area (Å²) in [6, 6.07) is 9.49. The van der Waals surface area contributed by atoms with Crippen molar-refractivity contribution in [3.05, 3.63) is 35.9 Å². The van der Waals surface area contributed by atoms with E-state index in [0.29, 0.717) is 0 Å². The SMILES string of the molecule is CC(C)(C)SC(=O)C1(C(O)c2ccccc2)CC1. The molecule has 1 saturated carbocycles. The molecule has 1 aromatic carbocycles. The number of rotatable bonds is 3. The third kappa shape index (κ3) is 2.78. The molecule has 1 N–H and O–H groups in total. The number of aliphatic hydroxyl groups excluding tert-OH is 1. The normalized spacial score (nSPS) is 19.3. The van der Waals surface area contributed by atoms with E-state index in [1.54, 1.807) is 0 Å². The summed E-state index contributed by atoms with van der Waals surface area (Å²) in [6.45, 7) is 6.08. The first kappa shape index (κ1) is 13.6. The second kappa shape index (κ2) is 4.71. The Bertz CT molecular complexity index is 430. The molecule has 1 aliphatic carbocycles. The van der Waals surface area contributed by atoms with Gasteiger partial charge >= 0.3 is 0 Å². The predicted octanol–water partition coefficient (Wildman–Crippen LogP) is 3.56. The molecular formula is C15H20O2S. The van der Waals surface area contributed by atoms with Gasteiger partial charge in [-0.1, -0.05) is 62.9 Å². The maximum Gasteiger partial charge on any atom is 0.198 e. The molecule has 1 unspecified atom stereocenters. The summed E-state index contributed by atoms with van der Waals surface area (Å²) in [5, 5.41) is 10.6. The topological polar surface area (TPSA) is 37.3 Å². The van der Waals surface area contributed by atoms with Crippen LogP contribution in [0.15, 0.2) is 30.3 Å². The van der Waals surface area contributed by atoms with E-state index in [-0.39, 0.29) is 9.86 Å². The molecule has 18 heavy (non-hydrogen) atoms. The van der Waals surface area contributed by atoms with Crippen molar-refractivity contribution >= 4 is 16.9 Å². The molecule has 0 saturated heterocycles. The average molecular weight is 264 g/mol. The van der Waals surface area contributed by atoms with Gasteiger partial charge in [0.25, 0.3) is 0 Å². The minimum Gasteiger partial charge on any atom is -0.387 e. The largest absolute Gasteiger partial charge is 0.387 e. The summed E-state index contributed by atoms with van der Waals surface area (Å²) in [6.07, 6.45) is 0.928. The van der Waals surface area contributed by atoms with E-state index in [2.05, 4.69) is 0 Å². The summed E-state index contributed by atoms with van der Waals surface area (Å²) < 4.78 is -0.0942. The number of aliphatic hydroxyl groups is 1. The van der Waals surface area contributed by atoms with Crippen LogP contribution in [0.1, 0.15) is 45.3 Å². The molecule has 1 aliphatic rings. The van der Waals surface area contributed by atoms with Gasteiger partial charge in [-0.15, -0.1) is 0 Å². The van der Waals surface area contributed by atoms with Crippen molar-refractivity contribution in [3.63, 3.8) is 0 Å². The zero-order valence-corrected chi connectivity index (χ0v) is 12.0. The zero-order chi connectivity index (χ0) is 13.4. The average Bonchev–Trinajstić information content (AvgIpc) is 3.08. The van der Waals surface area contributed by atoms with Gasteiger partial charge in [-0.3, -0.25) is 4.79 Å². The molecule has 0 spiro atoms. The van der Waals surface area contributed by atoms with Gasteiger partial charge in [0, 0.05) is 4.75 Å². The molecule has 3 heteroatoms. The van der Waals surface area contributed by atoms with Crippen LogP contribution in [-0.4, -0.2) is 15.0 Å². The van der Waals surface area contributed by atoms with E-state index in [9.17, 15) is 9.90 Å². The van der Waals surface area contributed by atoms with Crippen LogP contribution in [0.2, 0.25) is 0 Å². The lowest BCUT2D eigenvalue weighted by atomic mass is 9.94. The maximum absolute atomic E-state index is 12.4. The molecule has 1 atom stereocenters. The monoisotopic (exact) mass is 264 g/mol. The molecule has 0 aromatic heterocycles. The van der Waals surface area contributed by atoms with Crippen LogP contribution in [0.5, 0.6) is 0 Å². The second-order valence-electron chi connectivity index (χ2n) is 5.97. The first-order valence-electron chi connectivity index (χ1n) is 6.32. The Labute approximate surface area is 113 Å². The fourth-order valence-corrected chi connectivity index (χ4v) is 3.13. The van der Waals surface area contributed by atoms with E-state index < -0.39 is 11.5 Å². The number of hydrogen-bond acceptors (Lipinski definition) is 3. The van der Waals surface area contributed by atoms with Crippen molar-refractivity contribution in [2.45, 2.75) is 44.5 Å². The van der Waals surface area contributed by atoms with Gasteiger partial charge in [0.15, 0.2) is 5.12 Å². The second-order valence-corrected chi connectivity index (χ2v) is 7.77. The molecule has 0 amide bonds. The van der Waals surface area contributed by atoms with Gasteiger partial charge in [0.2, 0.25) is 0 Å². The Kier molecular flexibility index (Phi) is 3.56. The third-order valence-electron chi connectivity index (χ3n) is 3.23. The number of benzene rings is 1. The molecule has 2 nitrogen and oxygen atoms in total. The molecule has 0 aliphatic heterocycles. The van der Waals surface area contributed by atoms with Gasteiger partial charge in [-0.25, -0.2) is 0 Å². The van der Waals surface area contributed by atoms with Crippen LogP contribution in [0.25, 0.3) is 0 Å². The van der Waals surface area contributed by atoms with E-state index in [0.717, 1.165) is 18.4 Å². The molecule has 1 fully saturated rings. The molecule has 0 bridgehead atoms. The molecule has 2 rings (SSSR count). The smallest absolute Gasteiger partial charge is 0.198 e. The highest BCUT2D eigenvalue weighted by molar-refractivity contribution is 8.14. The predicted molar refractivity (Wildman–Crippen MR) is 75.4 cm³/mol. The number of hydrogen-bond donors (Lipinski definition) is 1. The van der Waals surface area contributed by atoms with Crippen molar-refractivity contribution in [2.24, 2.45) is 5.41 Å². The first-order chi connectivity index (χ1) is 8.35. The van der Waals surface area contributed by atoms with Crippen LogP contribution >= 0.6 is 11.8 Å². The fraction of sp³-hybridized carbons (Fsp3) is 0.533. The van der Waals surface area contributed by atoms with E-state index in [1.165, 1.54) is 11.8 Å². The van der Waals surface area contributed by atoms with Crippen LogP contribution in [-0.2, 0) is 4.79 Å². The highest BCUT2D eigenvalue weighted by atomic mass is 32.2. The van der Waals surface area contributed by atoms with Gasteiger partial charge < -0.3 is 5.11 Å². The Morgan fingerprint density at radius 2 is 1.83 bits per heavy atom. The van der Waals surface area contributed by atoms with Gasteiger partial charge in [-0.2, -0.15) is 0 Å². The lowest BCUT2D eigenvalue weighted by molar-refractivity contribution is -0.119. The third-order valence-corrected chi connectivity index (χ3v) is 4.44. The fourth-order valence-electron chi connectivity index (χ4n) is 2.06. The Morgan fingerprint density at radius 1 is 1.28 bits per heavy atom. The van der Waals surface area contributed by atoms with Crippen LogP contribution < -0.4 is 0 Å². The minimum atomic E-state index is -0.666. The van der Waals surface area contributed by atoms with Gasteiger partial charge in [0.1, 0.15) is 0 Å². The summed E-state index contributed by atoms with van der Waals surface area (Å²) in [4.78, 5) is 12.4. The first-order valence-corrected chi connectivity index (χ1v) is 7.13. The summed E-state index contributed by atoms with van der Waals surface area (Å²) in [5.41, 5.74) is 0.303. The van der Waals surface area contributed by atoms with E-state index in [4.69, 9.17) is 0 Å². The maximum atomic E-state index is 12.4. The summed E-state index contributed by atoms with van der Waals surface area (Å²) in [5.74, 6) is 0. The highest BCUT2D eigenvalue weighted by Crippen LogP contribution is 2.58. The van der Waals surface area contributed by atoms with Crippen LogP contribution in [0.4, 0.5) is 0 Å². The van der Waals surface area contributed by atoms with Crippen molar-refractivity contribution in [1.29, 1.82) is 0 Å². The van der Waals surface area contributed by atoms with Crippen molar-refractivity contribution < 1.29 is 9.90 Å². The Morgan fingerprint density at radius 3 is 2.28 bits per heavy atom. The Balaban J connectivity index is 2.15. The molecule has 0 radical (unpaired) electrons. The molecule has 0 heterocycles. The molecular weight excluding hydrogens is 244 g/mol. The van der Waals surface area contributed by atoms with E-state index in [1.807, 2.05) is 51.1 Å². The van der Waals surface area contributed by atoms with Gasteiger partial charge in [-0.05, 0) is 18.4 Å². The lowest BCUT2D eigenvalue weighted by Gasteiger charge is -2.25. The summed E-state index contributed by atoms with van der Waals surface area (Å²) >= 11 is 1.35. The van der Waals surface area contributed by atoms with E-state index >= 15 is 0 Å². The number of thioether (sulfide) groups is 1. The van der Waals surface area contributed by atoms with Crippen LogP contribution in [0.3, 0.4) is 0 Å². The number of carbonyl (C=O) groups is 1. The molecule has 1 aromatic rings. The minimum absolute atomic E-state index is 0.0942.